The standard InChI is InChI=1S/C22H23N5O2/c1-14-25-20(19-13-24-21-18(27(14)19)7-10-23-21)16-3-5-17(6-4-16)22(29)8-11-26(12-9-22)15(2)28/h3-7,10,13,23,29H,8-9,11-12H2,1-2H3. The Morgan fingerprint density at radius 3 is 2.55 bits per heavy atom. The molecule has 4 aromatic rings. The fraction of sp³-hybridized carbons (Fsp3) is 0.318. The SMILES string of the molecule is CC(=O)N1CCC(O)(c2ccc(-c3nc(C)n4c3cnc3[nH]ccc34)cc2)CC1. The third-order valence-electron chi connectivity index (χ3n) is 6.07. The van der Waals surface area contributed by atoms with Gasteiger partial charge in [0, 0.05) is 31.8 Å². The van der Waals surface area contributed by atoms with Crippen molar-refractivity contribution in [1.29, 1.82) is 0 Å². The van der Waals surface area contributed by atoms with E-state index in [1.54, 1.807) is 11.8 Å². The smallest absolute Gasteiger partial charge is 0.219 e. The number of piperidine rings is 1. The number of aliphatic hydroxyl groups is 1. The first-order valence-corrected chi connectivity index (χ1v) is 9.86. The largest absolute Gasteiger partial charge is 0.385 e. The molecule has 5 rings (SSSR count). The minimum Gasteiger partial charge on any atom is -0.385 e. The van der Waals surface area contributed by atoms with E-state index in [9.17, 15) is 9.90 Å². The van der Waals surface area contributed by atoms with E-state index in [0.717, 1.165) is 39.3 Å². The van der Waals surface area contributed by atoms with Crippen LogP contribution in [-0.2, 0) is 10.4 Å². The Hall–Kier alpha value is -3.19. The van der Waals surface area contributed by atoms with Gasteiger partial charge in [0.15, 0.2) is 5.65 Å². The van der Waals surface area contributed by atoms with Gasteiger partial charge in [-0.15, -0.1) is 0 Å². The maximum Gasteiger partial charge on any atom is 0.219 e. The number of nitrogens with zero attached hydrogens (tertiary/aromatic N) is 4. The first-order chi connectivity index (χ1) is 14.0. The summed E-state index contributed by atoms with van der Waals surface area (Å²) >= 11 is 0. The minimum absolute atomic E-state index is 0.0644. The van der Waals surface area contributed by atoms with Crippen LogP contribution in [-0.4, -0.2) is 48.4 Å². The number of aryl methyl sites for hydroxylation is 1. The molecule has 7 nitrogen and oxygen atoms in total. The number of rotatable bonds is 2. The van der Waals surface area contributed by atoms with Gasteiger partial charge in [0.25, 0.3) is 0 Å². The number of nitrogens with one attached hydrogen (secondary N) is 1. The van der Waals surface area contributed by atoms with E-state index in [-0.39, 0.29) is 5.91 Å². The molecule has 0 saturated carbocycles. The molecular formula is C22H23N5O2. The highest BCUT2D eigenvalue weighted by atomic mass is 16.3. The van der Waals surface area contributed by atoms with E-state index in [0.29, 0.717) is 25.9 Å². The lowest BCUT2D eigenvalue weighted by Gasteiger charge is -2.38. The fourth-order valence-corrected chi connectivity index (χ4v) is 4.37. The number of likely N-dealkylation sites (tertiary alicyclic amines) is 1. The second-order valence-corrected chi connectivity index (χ2v) is 7.81. The molecule has 2 N–H and O–H groups in total. The van der Waals surface area contributed by atoms with Gasteiger partial charge in [0.2, 0.25) is 5.91 Å². The summed E-state index contributed by atoms with van der Waals surface area (Å²) in [5, 5.41) is 11.1. The summed E-state index contributed by atoms with van der Waals surface area (Å²) in [5.74, 6) is 0.968. The number of fused-ring (bicyclic) bond motifs is 3. The number of imidazole rings is 1. The van der Waals surface area contributed by atoms with Crippen LogP contribution in [0, 0.1) is 6.92 Å². The number of aromatic amines is 1. The minimum atomic E-state index is -0.893. The molecule has 148 valence electrons. The molecule has 0 unspecified atom stereocenters. The lowest BCUT2D eigenvalue weighted by molar-refractivity contribution is -0.133. The highest BCUT2D eigenvalue weighted by molar-refractivity contribution is 5.84. The van der Waals surface area contributed by atoms with Crippen LogP contribution in [0.25, 0.3) is 27.9 Å². The van der Waals surface area contributed by atoms with E-state index in [1.807, 2.05) is 49.6 Å². The van der Waals surface area contributed by atoms with Crippen molar-refractivity contribution in [3.05, 3.63) is 54.1 Å². The second-order valence-electron chi connectivity index (χ2n) is 7.81. The summed E-state index contributed by atoms with van der Waals surface area (Å²) in [6, 6.07) is 9.96. The number of hydrogen-bond acceptors (Lipinski definition) is 4. The zero-order valence-corrected chi connectivity index (χ0v) is 16.5. The summed E-state index contributed by atoms with van der Waals surface area (Å²) in [4.78, 5) is 25.8. The van der Waals surface area contributed by atoms with Gasteiger partial charge >= 0.3 is 0 Å². The number of benzene rings is 1. The molecule has 0 aliphatic carbocycles. The molecule has 1 amide bonds. The Kier molecular flexibility index (Phi) is 3.96. The van der Waals surface area contributed by atoms with Crippen LogP contribution >= 0.6 is 0 Å². The second kappa shape index (κ2) is 6.42. The van der Waals surface area contributed by atoms with Crippen molar-refractivity contribution < 1.29 is 9.90 Å². The third kappa shape index (κ3) is 2.81. The van der Waals surface area contributed by atoms with Crippen molar-refractivity contribution in [3.63, 3.8) is 0 Å². The van der Waals surface area contributed by atoms with Gasteiger partial charge in [0.05, 0.1) is 28.5 Å². The Morgan fingerprint density at radius 2 is 1.86 bits per heavy atom. The molecule has 0 spiro atoms. The van der Waals surface area contributed by atoms with Gasteiger partial charge < -0.3 is 15.0 Å². The number of H-pyrrole nitrogens is 1. The first kappa shape index (κ1) is 17.9. The fourth-order valence-electron chi connectivity index (χ4n) is 4.37. The molecule has 1 aliphatic rings. The molecule has 1 fully saturated rings. The number of carbonyl (C=O) groups is 1. The topological polar surface area (TPSA) is 86.5 Å². The molecule has 0 atom stereocenters. The Labute approximate surface area is 168 Å². The van der Waals surface area contributed by atoms with Crippen molar-refractivity contribution >= 4 is 22.6 Å². The Balaban J connectivity index is 1.49. The molecule has 0 bridgehead atoms. The van der Waals surface area contributed by atoms with E-state index < -0.39 is 5.60 Å². The van der Waals surface area contributed by atoms with Crippen molar-refractivity contribution in [3.8, 4) is 11.3 Å². The molecule has 4 heterocycles. The van der Waals surface area contributed by atoms with E-state index >= 15 is 0 Å². The maximum atomic E-state index is 11.5. The van der Waals surface area contributed by atoms with E-state index in [1.165, 1.54) is 0 Å². The summed E-state index contributed by atoms with van der Waals surface area (Å²) in [6.07, 6.45) is 4.82. The molecular weight excluding hydrogens is 366 g/mol. The van der Waals surface area contributed by atoms with Gasteiger partial charge in [-0.1, -0.05) is 24.3 Å². The number of amides is 1. The Morgan fingerprint density at radius 1 is 1.14 bits per heavy atom. The first-order valence-electron chi connectivity index (χ1n) is 9.86. The van der Waals surface area contributed by atoms with Crippen LogP contribution in [0.3, 0.4) is 0 Å². The Bertz CT molecular complexity index is 1210. The van der Waals surface area contributed by atoms with Crippen LogP contribution in [0.5, 0.6) is 0 Å². The van der Waals surface area contributed by atoms with Gasteiger partial charge in [-0.2, -0.15) is 0 Å². The van der Waals surface area contributed by atoms with Crippen LogP contribution in [0.4, 0.5) is 0 Å². The van der Waals surface area contributed by atoms with Crippen LogP contribution in [0.15, 0.2) is 42.7 Å². The molecule has 0 radical (unpaired) electrons. The monoisotopic (exact) mass is 389 g/mol. The van der Waals surface area contributed by atoms with Crippen LogP contribution in [0.2, 0.25) is 0 Å². The van der Waals surface area contributed by atoms with Crippen molar-refractivity contribution in [2.45, 2.75) is 32.3 Å². The zero-order chi connectivity index (χ0) is 20.2. The van der Waals surface area contributed by atoms with E-state index in [2.05, 4.69) is 14.4 Å². The van der Waals surface area contributed by atoms with Crippen LogP contribution < -0.4 is 0 Å². The average molecular weight is 389 g/mol. The zero-order valence-electron chi connectivity index (χ0n) is 16.5. The van der Waals surface area contributed by atoms with E-state index in [4.69, 9.17) is 4.98 Å². The molecule has 1 saturated heterocycles. The lowest BCUT2D eigenvalue weighted by atomic mass is 9.84. The van der Waals surface area contributed by atoms with Gasteiger partial charge in [-0.3, -0.25) is 9.20 Å². The van der Waals surface area contributed by atoms with Gasteiger partial charge in [-0.25, -0.2) is 9.97 Å². The summed E-state index contributed by atoms with van der Waals surface area (Å²) in [7, 11) is 0. The summed E-state index contributed by atoms with van der Waals surface area (Å²) in [5.41, 5.74) is 4.65. The number of carbonyl (C=O) groups excluding carboxylic acids is 1. The third-order valence-corrected chi connectivity index (χ3v) is 6.07. The highest BCUT2D eigenvalue weighted by Crippen LogP contribution is 2.35. The predicted molar refractivity (Wildman–Crippen MR) is 110 cm³/mol. The molecule has 29 heavy (non-hydrogen) atoms. The van der Waals surface area contributed by atoms with Gasteiger partial charge in [-0.05, 0) is 31.4 Å². The molecule has 1 aliphatic heterocycles. The summed E-state index contributed by atoms with van der Waals surface area (Å²) < 4.78 is 2.10. The molecule has 1 aromatic carbocycles. The summed E-state index contributed by atoms with van der Waals surface area (Å²) in [6.45, 7) is 4.73. The average Bonchev–Trinajstić information content (AvgIpc) is 3.32. The van der Waals surface area contributed by atoms with Crippen molar-refractivity contribution in [2.24, 2.45) is 0 Å². The van der Waals surface area contributed by atoms with Crippen molar-refractivity contribution in [2.75, 3.05) is 13.1 Å². The quantitative estimate of drug-likeness (QED) is 0.552. The predicted octanol–water partition coefficient (Wildman–Crippen LogP) is 3.02. The van der Waals surface area contributed by atoms with Crippen LogP contribution in [0.1, 0.15) is 31.2 Å². The molecule has 7 heteroatoms. The molecule has 3 aromatic heterocycles. The number of aromatic nitrogens is 4. The van der Waals surface area contributed by atoms with Gasteiger partial charge in [0.1, 0.15) is 5.82 Å². The highest BCUT2D eigenvalue weighted by Gasteiger charge is 2.34. The maximum absolute atomic E-state index is 11.5. The lowest BCUT2D eigenvalue weighted by Crippen LogP contribution is -2.44. The number of hydrogen-bond donors (Lipinski definition) is 2. The van der Waals surface area contributed by atoms with Crippen molar-refractivity contribution in [1.82, 2.24) is 24.3 Å². The normalized spacial score (nSPS) is 16.6.